The number of nitrogens with zero attached hydrogens (tertiary/aromatic N) is 5. The highest BCUT2D eigenvalue weighted by molar-refractivity contribution is 5.93. The van der Waals surface area contributed by atoms with Crippen LogP contribution < -0.4 is 5.32 Å². The number of halogens is 1. The van der Waals surface area contributed by atoms with Gasteiger partial charge in [0.1, 0.15) is 17.7 Å². The largest absolute Gasteiger partial charge is 0.342 e. The molecular formula is C25H31FN6O2. The summed E-state index contributed by atoms with van der Waals surface area (Å²) in [6.07, 6.45) is 2.17. The highest BCUT2D eigenvalue weighted by atomic mass is 19.1. The van der Waals surface area contributed by atoms with E-state index < -0.39 is 0 Å². The molecule has 2 aromatic rings. The van der Waals surface area contributed by atoms with Crippen molar-refractivity contribution in [2.75, 3.05) is 57.7 Å². The number of benzene rings is 1. The zero-order chi connectivity index (χ0) is 24.2. The third-order valence-corrected chi connectivity index (χ3v) is 6.80. The maximum absolute atomic E-state index is 13.9. The number of anilines is 1. The number of nitrogens with one attached hydrogen (secondary N) is 1. The van der Waals surface area contributed by atoms with Crippen LogP contribution in [0, 0.1) is 31.0 Å². The van der Waals surface area contributed by atoms with Crippen LogP contribution >= 0.6 is 0 Å². The molecule has 0 unspecified atom stereocenters. The summed E-state index contributed by atoms with van der Waals surface area (Å²) >= 11 is 0. The molecule has 2 aliphatic rings. The van der Waals surface area contributed by atoms with Gasteiger partial charge >= 0.3 is 0 Å². The first-order chi connectivity index (χ1) is 16.4. The second kappa shape index (κ2) is 10.4. The number of rotatable bonds is 6. The lowest BCUT2D eigenvalue weighted by atomic mass is 10.2. The molecule has 3 heterocycles. The molecule has 34 heavy (non-hydrogen) atoms. The smallest absolute Gasteiger partial charge is 0.239 e. The maximum Gasteiger partial charge on any atom is 0.239 e. The second-order valence-corrected chi connectivity index (χ2v) is 9.05. The molecule has 0 spiro atoms. The van der Waals surface area contributed by atoms with Crippen molar-refractivity contribution < 1.29 is 14.0 Å². The van der Waals surface area contributed by atoms with Crippen LogP contribution in [-0.4, -0.2) is 83.4 Å². The Labute approximate surface area is 199 Å². The van der Waals surface area contributed by atoms with Gasteiger partial charge in [-0.05, 0) is 50.5 Å². The van der Waals surface area contributed by atoms with Gasteiger partial charge in [-0.3, -0.25) is 24.0 Å². The topological polar surface area (TPSA) is 84.6 Å². The van der Waals surface area contributed by atoms with Gasteiger partial charge in [0.05, 0.1) is 24.3 Å². The van der Waals surface area contributed by atoms with Crippen LogP contribution in [0.2, 0.25) is 0 Å². The van der Waals surface area contributed by atoms with Crippen LogP contribution in [0.15, 0.2) is 24.3 Å². The first-order valence-electron chi connectivity index (χ1n) is 11.8. The Bertz CT molecular complexity index is 1110. The van der Waals surface area contributed by atoms with Crippen molar-refractivity contribution >= 4 is 17.6 Å². The average Bonchev–Trinajstić information content (AvgIpc) is 3.43. The first-order valence-corrected chi connectivity index (χ1v) is 11.8. The van der Waals surface area contributed by atoms with Crippen molar-refractivity contribution in [3.05, 3.63) is 46.9 Å². The van der Waals surface area contributed by atoms with E-state index in [0.29, 0.717) is 36.7 Å². The summed E-state index contributed by atoms with van der Waals surface area (Å²) in [6.45, 7) is 8.85. The summed E-state index contributed by atoms with van der Waals surface area (Å²) in [7, 11) is 0. The number of amides is 2. The van der Waals surface area contributed by atoms with Crippen LogP contribution in [0.5, 0.6) is 0 Å². The number of likely N-dealkylation sites (tertiary alicyclic amines) is 1. The van der Waals surface area contributed by atoms with E-state index in [1.165, 1.54) is 12.1 Å². The van der Waals surface area contributed by atoms with Crippen molar-refractivity contribution in [2.24, 2.45) is 0 Å². The van der Waals surface area contributed by atoms with Crippen LogP contribution in [0.25, 0.3) is 5.69 Å². The predicted octanol–water partition coefficient (Wildman–Crippen LogP) is 2.28. The highest BCUT2D eigenvalue weighted by Gasteiger charge is 2.25. The summed E-state index contributed by atoms with van der Waals surface area (Å²) in [5.41, 5.74) is 2.45. The quantitative estimate of drug-likeness (QED) is 0.706. The Morgan fingerprint density at radius 3 is 2.29 bits per heavy atom. The standard InChI is InChI=1S/C25H31FN6O2/c1-18-19(2)32(21-7-5-6-20(26)14-21)25(22(18)15-27)28-23(33)16-29-10-12-30(13-11-29)17-24(34)31-8-3-4-9-31/h5-7,14H,3-4,8-13,16-17H2,1-2H3,(H,28,33). The van der Waals surface area contributed by atoms with E-state index in [4.69, 9.17) is 0 Å². The minimum absolute atomic E-state index is 0.186. The number of piperazine rings is 1. The summed E-state index contributed by atoms with van der Waals surface area (Å²) in [5, 5.41) is 12.6. The van der Waals surface area contributed by atoms with E-state index in [1.807, 2.05) is 23.6 Å². The van der Waals surface area contributed by atoms with Crippen molar-refractivity contribution in [3.63, 3.8) is 0 Å². The van der Waals surface area contributed by atoms with Gasteiger partial charge < -0.3 is 10.2 Å². The molecule has 1 N–H and O–H groups in total. The van der Waals surface area contributed by atoms with Gasteiger partial charge in [0, 0.05) is 45.0 Å². The van der Waals surface area contributed by atoms with Gasteiger partial charge in [0.2, 0.25) is 11.8 Å². The van der Waals surface area contributed by atoms with E-state index in [-0.39, 0.29) is 24.2 Å². The Balaban J connectivity index is 1.39. The molecule has 2 aliphatic heterocycles. The van der Waals surface area contributed by atoms with Gasteiger partial charge in [0.25, 0.3) is 0 Å². The zero-order valence-corrected chi connectivity index (χ0v) is 19.8. The number of hydrogen-bond acceptors (Lipinski definition) is 5. The van der Waals surface area contributed by atoms with Crippen LogP contribution in [0.3, 0.4) is 0 Å². The fourth-order valence-electron chi connectivity index (χ4n) is 4.74. The fraction of sp³-hybridized carbons (Fsp3) is 0.480. The summed E-state index contributed by atoms with van der Waals surface area (Å²) in [4.78, 5) is 31.4. The summed E-state index contributed by atoms with van der Waals surface area (Å²) in [5.74, 6) is -0.0621. The predicted molar refractivity (Wildman–Crippen MR) is 127 cm³/mol. The highest BCUT2D eigenvalue weighted by Crippen LogP contribution is 2.30. The summed E-state index contributed by atoms with van der Waals surface area (Å²) < 4.78 is 15.6. The van der Waals surface area contributed by atoms with Crippen molar-refractivity contribution in [2.45, 2.75) is 26.7 Å². The van der Waals surface area contributed by atoms with Gasteiger partial charge in [-0.15, -0.1) is 0 Å². The van der Waals surface area contributed by atoms with E-state index in [2.05, 4.69) is 16.3 Å². The number of aromatic nitrogens is 1. The SMILES string of the molecule is Cc1c(C#N)c(NC(=O)CN2CCN(CC(=O)N3CCCC3)CC2)n(-c2cccc(F)c2)c1C. The number of carbonyl (C=O) groups is 2. The molecule has 1 aromatic heterocycles. The minimum atomic E-state index is -0.389. The Morgan fingerprint density at radius 1 is 1.03 bits per heavy atom. The molecule has 2 fully saturated rings. The molecule has 9 heteroatoms. The van der Waals surface area contributed by atoms with Gasteiger partial charge in [-0.25, -0.2) is 4.39 Å². The average molecular weight is 467 g/mol. The zero-order valence-electron chi connectivity index (χ0n) is 19.8. The molecule has 4 rings (SSSR count). The lowest BCUT2D eigenvalue weighted by Crippen LogP contribution is -2.51. The van der Waals surface area contributed by atoms with E-state index in [9.17, 15) is 19.2 Å². The fourth-order valence-corrected chi connectivity index (χ4v) is 4.74. The van der Waals surface area contributed by atoms with Crippen LogP contribution in [0.1, 0.15) is 29.7 Å². The minimum Gasteiger partial charge on any atom is -0.342 e. The van der Waals surface area contributed by atoms with Gasteiger partial charge in [0.15, 0.2) is 0 Å². The van der Waals surface area contributed by atoms with Gasteiger partial charge in [-0.1, -0.05) is 6.07 Å². The molecule has 0 atom stereocenters. The van der Waals surface area contributed by atoms with E-state index in [1.54, 1.807) is 16.7 Å². The number of carbonyl (C=O) groups excluding carboxylic acids is 2. The molecule has 1 aromatic carbocycles. The number of hydrogen-bond donors (Lipinski definition) is 1. The van der Waals surface area contributed by atoms with Gasteiger partial charge in [-0.2, -0.15) is 5.26 Å². The first kappa shape index (κ1) is 23.9. The molecule has 0 bridgehead atoms. The van der Waals surface area contributed by atoms with Crippen molar-refractivity contribution in [1.29, 1.82) is 5.26 Å². The molecule has 0 radical (unpaired) electrons. The van der Waals surface area contributed by atoms with Crippen molar-refractivity contribution in [3.8, 4) is 11.8 Å². The normalized spacial score (nSPS) is 17.1. The lowest BCUT2D eigenvalue weighted by molar-refractivity contribution is -0.132. The number of nitriles is 1. The second-order valence-electron chi connectivity index (χ2n) is 9.05. The van der Waals surface area contributed by atoms with E-state index in [0.717, 1.165) is 50.3 Å². The van der Waals surface area contributed by atoms with Crippen LogP contribution in [-0.2, 0) is 9.59 Å². The lowest BCUT2D eigenvalue weighted by Gasteiger charge is -2.34. The molecule has 8 nitrogen and oxygen atoms in total. The molecular weight excluding hydrogens is 435 g/mol. The summed E-state index contributed by atoms with van der Waals surface area (Å²) in [6, 6.07) is 8.27. The molecule has 0 aliphatic carbocycles. The molecule has 2 saturated heterocycles. The third-order valence-electron chi connectivity index (χ3n) is 6.80. The monoisotopic (exact) mass is 466 g/mol. The molecule has 2 amide bonds. The van der Waals surface area contributed by atoms with Crippen molar-refractivity contribution in [1.82, 2.24) is 19.3 Å². The Kier molecular flexibility index (Phi) is 7.29. The maximum atomic E-state index is 13.9. The molecule has 0 saturated carbocycles. The van der Waals surface area contributed by atoms with Crippen LogP contribution in [0.4, 0.5) is 10.2 Å². The van der Waals surface area contributed by atoms with E-state index >= 15 is 0 Å². The Morgan fingerprint density at radius 2 is 1.68 bits per heavy atom. The third kappa shape index (κ3) is 5.13. The Hall–Kier alpha value is -3.22. The molecule has 180 valence electrons.